The van der Waals surface area contributed by atoms with Crippen molar-refractivity contribution in [1.29, 1.82) is 0 Å². The van der Waals surface area contributed by atoms with Gasteiger partial charge in [0, 0.05) is 57.6 Å². The smallest absolute Gasteiger partial charge is 0.410 e. The van der Waals surface area contributed by atoms with E-state index in [1.807, 2.05) is 23.1 Å². The highest BCUT2D eigenvalue weighted by Crippen LogP contribution is 2.38. The Morgan fingerprint density at radius 2 is 1.60 bits per heavy atom. The Labute approximate surface area is 258 Å². The van der Waals surface area contributed by atoms with Gasteiger partial charge in [-0.15, -0.1) is 0 Å². The maximum absolute atomic E-state index is 13.1. The molecule has 1 amide bonds. The first-order valence-electron chi connectivity index (χ1n) is 16.7. The maximum Gasteiger partial charge on any atom is 0.410 e. The van der Waals surface area contributed by atoms with E-state index in [-0.39, 0.29) is 24.1 Å². The summed E-state index contributed by atoms with van der Waals surface area (Å²) in [6, 6.07) is 20.7. The lowest BCUT2D eigenvalue weighted by Crippen LogP contribution is -2.49. The van der Waals surface area contributed by atoms with Crippen molar-refractivity contribution in [2.24, 2.45) is 11.8 Å². The van der Waals surface area contributed by atoms with E-state index >= 15 is 0 Å². The van der Waals surface area contributed by atoms with E-state index in [4.69, 9.17) is 4.74 Å². The summed E-state index contributed by atoms with van der Waals surface area (Å²) in [5, 5.41) is 10.3. The maximum atomic E-state index is 13.1. The molecule has 1 N–H and O–H groups in total. The lowest BCUT2D eigenvalue weighted by Gasteiger charge is -2.39. The van der Waals surface area contributed by atoms with Crippen LogP contribution < -0.4 is 0 Å². The van der Waals surface area contributed by atoms with Gasteiger partial charge >= 0.3 is 12.1 Å². The molecule has 1 aliphatic carbocycles. The van der Waals surface area contributed by atoms with Crippen LogP contribution in [-0.4, -0.2) is 89.8 Å². The van der Waals surface area contributed by atoms with Crippen molar-refractivity contribution >= 4 is 12.1 Å². The summed E-state index contributed by atoms with van der Waals surface area (Å²) in [4.78, 5) is 32.5. The zero-order valence-corrected chi connectivity index (χ0v) is 26.0. The molecule has 0 radical (unpaired) electrons. The van der Waals surface area contributed by atoms with Crippen LogP contribution in [0.2, 0.25) is 0 Å². The number of ether oxygens (including phenoxy) is 1. The monoisotopic (exact) mass is 589 g/mol. The van der Waals surface area contributed by atoms with Gasteiger partial charge in [-0.2, -0.15) is 0 Å². The van der Waals surface area contributed by atoms with Crippen LogP contribution >= 0.6 is 0 Å². The molecule has 2 aliphatic heterocycles. The number of nitrogens with zero attached hydrogens (tertiary/aromatic N) is 3. The molecule has 43 heavy (non-hydrogen) atoms. The van der Waals surface area contributed by atoms with Crippen LogP contribution in [0.15, 0.2) is 60.7 Å². The third-order valence-corrected chi connectivity index (χ3v) is 10.1. The molecule has 0 aromatic heterocycles. The molecule has 7 heteroatoms. The minimum Gasteiger partial charge on any atom is -0.480 e. The van der Waals surface area contributed by atoms with Gasteiger partial charge in [-0.25, -0.2) is 4.79 Å². The zero-order valence-electron chi connectivity index (χ0n) is 26.0. The standard InChI is InChI=1S/C36H51N3O4/c1-2-21-39(36(42)43-24-20-28-12-6-3-7-13-28)32-18-22-37(23-19-32)25-31-26-38(27-33(31)29-14-8-4-9-15-29)34(35(40)41)30-16-10-5-11-17-30/h3-4,6-9,12-15,30-34H,2,5,10-11,16-27H2,1H3,(H,40,41). The van der Waals surface area contributed by atoms with Crippen LogP contribution in [0.3, 0.4) is 0 Å². The number of carbonyl (C=O) groups excluding carboxylic acids is 1. The summed E-state index contributed by atoms with van der Waals surface area (Å²) in [6.45, 7) is 7.76. The highest BCUT2D eigenvalue weighted by molar-refractivity contribution is 5.74. The Bertz CT molecular complexity index is 1130. The minimum absolute atomic E-state index is 0.186. The molecule has 3 fully saturated rings. The number of aliphatic carboxylic acids is 1. The van der Waals surface area contributed by atoms with E-state index in [1.54, 1.807) is 0 Å². The molecule has 7 nitrogen and oxygen atoms in total. The Kier molecular flexibility index (Phi) is 11.5. The van der Waals surface area contributed by atoms with Crippen molar-refractivity contribution in [3.63, 3.8) is 0 Å². The first kappa shape index (κ1) is 31.5. The molecule has 2 aromatic carbocycles. The lowest BCUT2D eigenvalue weighted by atomic mass is 9.83. The summed E-state index contributed by atoms with van der Waals surface area (Å²) in [6.07, 6.45) is 8.95. The van der Waals surface area contributed by atoms with Gasteiger partial charge in [0.15, 0.2) is 0 Å². The zero-order chi connectivity index (χ0) is 30.0. The Hall–Kier alpha value is -2.90. The van der Waals surface area contributed by atoms with E-state index in [0.29, 0.717) is 18.4 Å². The summed E-state index contributed by atoms with van der Waals surface area (Å²) < 4.78 is 5.73. The molecule has 2 heterocycles. The second-order valence-corrected chi connectivity index (χ2v) is 13.0. The fraction of sp³-hybridized carbons (Fsp3) is 0.611. The van der Waals surface area contributed by atoms with Crippen LogP contribution in [0.1, 0.15) is 75.3 Å². The van der Waals surface area contributed by atoms with Gasteiger partial charge in [0.1, 0.15) is 6.04 Å². The number of carbonyl (C=O) groups is 2. The first-order chi connectivity index (χ1) is 21.0. The fourth-order valence-corrected chi connectivity index (χ4v) is 7.89. The van der Waals surface area contributed by atoms with Gasteiger partial charge in [0.25, 0.3) is 0 Å². The third-order valence-electron chi connectivity index (χ3n) is 10.1. The molecular formula is C36H51N3O4. The second-order valence-electron chi connectivity index (χ2n) is 13.0. The molecule has 2 saturated heterocycles. The van der Waals surface area contributed by atoms with Crippen molar-refractivity contribution in [3.8, 4) is 0 Å². The predicted molar refractivity (Wildman–Crippen MR) is 170 cm³/mol. The molecule has 0 bridgehead atoms. The minimum atomic E-state index is -0.646. The lowest BCUT2D eigenvalue weighted by molar-refractivity contribution is -0.145. The van der Waals surface area contributed by atoms with Crippen LogP contribution in [0, 0.1) is 11.8 Å². The number of hydrogen-bond donors (Lipinski definition) is 1. The van der Waals surface area contributed by atoms with Gasteiger partial charge in [0.2, 0.25) is 0 Å². The SMILES string of the molecule is CCCN(C(=O)OCCc1ccccc1)C1CCN(CC2CN(C(C(=O)O)C3CCCCC3)CC2c2ccccc2)CC1. The van der Waals surface area contributed by atoms with Gasteiger partial charge < -0.3 is 19.6 Å². The average Bonchev–Trinajstić information content (AvgIpc) is 3.44. The van der Waals surface area contributed by atoms with Crippen LogP contribution in [-0.2, 0) is 16.0 Å². The van der Waals surface area contributed by atoms with E-state index in [1.165, 1.54) is 17.5 Å². The largest absolute Gasteiger partial charge is 0.480 e. The van der Waals surface area contributed by atoms with Crippen molar-refractivity contribution in [1.82, 2.24) is 14.7 Å². The number of carboxylic acid groups (broad SMARTS) is 1. The normalized spacial score (nSPS) is 23.2. The first-order valence-corrected chi connectivity index (χ1v) is 16.7. The van der Waals surface area contributed by atoms with E-state index in [2.05, 4.69) is 59.2 Å². The van der Waals surface area contributed by atoms with Gasteiger partial charge in [0.05, 0.1) is 6.61 Å². The summed E-state index contributed by atoms with van der Waals surface area (Å²) in [5.41, 5.74) is 2.50. The molecule has 3 aliphatic rings. The highest BCUT2D eigenvalue weighted by Gasteiger charge is 2.43. The highest BCUT2D eigenvalue weighted by atomic mass is 16.6. The van der Waals surface area contributed by atoms with Gasteiger partial charge in [-0.1, -0.05) is 86.8 Å². The fourth-order valence-electron chi connectivity index (χ4n) is 7.89. The summed E-state index contributed by atoms with van der Waals surface area (Å²) in [7, 11) is 0. The number of benzene rings is 2. The Morgan fingerprint density at radius 3 is 2.26 bits per heavy atom. The average molecular weight is 590 g/mol. The van der Waals surface area contributed by atoms with Crippen molar-refractivity contribution < 1.29 is 19.4 Å². The van der Waals surface area contributed by atoms with Gasteiger partial charge in [-0.05, 0) is 55.1 Å². The molecular weight excluding hydrogens is 538 g/mol. The molecule has 3 unspecified atom stereocenters. The number of rotatable bonds is 12. The van der Waals surface area contributed by atoms with E-state index < -0.39 is 5.97 Å². The van der Waals surface area contributed by atoms with Gasteiger partial charge in [-0.3, -0.25) is 9.69 Å². The topological polar surface area (TPSA) is 73.3 Å². The quantitative estimate of drug-likeness (QED) is 0.314. The molecule has 1 saturated carbocycles. The number of likely N-dealkylation sites (tertiary alicyclic amines) is 2. The van der Waals surface area contributed by atoms with Crippen LogP contribution in [0.25, 0.3) is 0 Å². The molecule has 234 valence electrons. The van der Waals surface area contributed by atoms with Crippen molar-refractivity contribution in [3.05, 3.63) is 71.8 Å². The second kappa shape index (κ2) is 15.7. The molecule has 0 spiro atoms. The number of piperidine rings is 1. The summed E-state index contributed by atoms with van der Waals surface area (Å²) in [5.74, 6) is 0.334. The Morgan fingerprint density at radius 1 is 0.930 bits per heavy atom. The van der Waals surface area contributed by atoms with Crippen LogP contribution in [0.5, 0.6) is 0 Å². The third kappa shape index (κ3) is 8.39. The summed E-state index contributed by atoms with van der Waals surface area (Å²) >= 11 is 0. The van der Waals surface area contributed by atoms with E-state index in [0.717, 1.165) is 90.6 Å². The van der Waals surface area contributed by atoms with Crippen molar-refractivity contribution in [2.45, 2.75) is 82.7 Å². The molecule has 5 rings (SSSR count). The number of hydrogen-bond acceptors (Lipinski definition) is 5. The van der Waals surface area contributed by atoms with E-state index in [9.17, 15) is 14.7 Å². The molecule has 2 aromatic rings. The molecule has 3 atom stereocenters. The van der Waals surface area contributed by atoms with Crippen molar-refractivity contribution in [2.75, 3.05) is 45.9 Å². The van der Waals surface area contributed by atoms with Crippen LogP contribution in [0.4, 0.5) is 4.79 Å². The number of carboxylic acids is 1. The Balaban J connectivity index is 1.18. The number of amides is 1. The predicted octanol–water partition coefficient (Wildman–Crippen LogP) is 6.29.